The van der Waals surface area contributed by atoms with Gasteiger partial charge in [-0.2, -0.15) is 13.2 Å². The Bertz CT molecular complexity index is 557. The van der Waals surface area contributed by atoms with Gasteiger partial charge in [-0.3, -0.25) is 0 Å². The first-order valence-electron chi connectivity index (χ1n) is 8.91. The Hall–Kier alpha value is -0.860. The number of nitrogens with one attached hydrogen (secondary N) is 1. The smallest absolute Gasteiger partial charge is 0.381 e. The molecule has 2 fully saturated rings. The van der Waals surface area contributed by atoms with E-state index in [1.165, 1.54) is 0 Å². The van der Waals surface area contributed by atoms with Crippen molar-refractivity contribution in [3.05, 3.63) is 23.4 Å². The van der Waals surface area contributed by atoms with E-state index < -0.39 is 16.5 Å². The Morgan fingerprint density at radius 3 is 2.64 bits per heavy atom. The highest BCUT2D eigenvalue weighted by molar-refractivity contribution is 7.83. The van der Waals surface area contributed by atoms with E-state index >= 15 is 0 Å². The summed E-state index contributed by atoms with van der Waals surface area (Å²) in [5.74, 6) is 0.565. The van der Waals surface area contributed by atoms with E-state index in [0.29, 0.717) is 5.92 Å². The molecule has 1 aliphatic carbocycles. The highest BCUT2D eigenvalue weighted by Gasteiger charge is 2.43. The summed E-state index contributed by atoms with van der Waals surface area (Å²) in [7, 11) is -2.97. The van der Waals surface area contributed by atoms with Crippen molar-refractivity contribution >= 4 is 11.0 Å². The van der Waals surface area contributed by atoms with Crippen LogP contribution < -0.4 is 5.32 Å². The summed E-state index contributed by atoms with van der Waals surface area (Å²) < 4.78 is 57.3. The lowest BCUT2D eigenvalue weighted by molar-refractivity contribution is -0.0427. The average Bonchev–Trinajstić information content (AvgIpc) is 2.78. The fraction of sp³-hybridized carbons (Fsp3) is 0.765. The molecule has 0 saturated carbocycles. The quantitative estimate of drug-likeness (QED) is 0.817. The maximum absolute atomic E-state index is 13.0. The molecule has 0 aromatic rings. The highest BCUT2D eigenvalue weighted by atomic mass is 32.2. The summed E-state index contributed by atoms with van der Waals surface area (Å²) in [6, 6.07) is -0.121. The summed E-state index contributed by atoms with van der Waals surface area (Å²) in [5, 5.41) is 3.41. The molecule has 2 aliphatic heterocycles. The predicted molar refractivity (Wildman–Crippen MR) is 90.9 cm³/mol. The third kappa shape index (κ3) is 5.08. The van der Waals surface area contributed by atoms with Gasteiger partial charge in [-0.05, 0) is 50.0 Å². The van der Waals surface area contributed by atoms with Gasteiger partial charge in [-0.1, -0.05) is 12.2 Å². The second kappa shape index (κ2) is 8.22. The van der Waals surface area contributed by atoms with Crippen molar-refractivity contribution in [2.75, 3.05) is 26.3 Å². The van der Waals surface area contributed by atoms with E-state index in [-0.39, 0.29) is 19.1 Å². The second-order valence-corrected chi connectivity index (χ2v) is 8.39. The standard InChI is InChI=1S/C17H25F3N2O2S/c18-17(19,20)25(23)22-11-14-3-1-2-4-16(14)21-15(12-22)6-5-13-7-9-24-10-8-13/h3-4,13,15,21H,1-2,5-12H2. The van der Waals surface area contributed by atoms with Crippen LogP contribution in [0.1, 0.15) is 38.5 Å². The Labute approximate surface area is 149 Å². The third-order valence-electron chi connectivity index (χ3n) is 5.08. The number of ether oxygens (including phenoxy) is 1. The van der Waals surface area contributed by atoms with Crippen LogP contribution in [0.3, 0.4) is 0 Å². The Balaban J connectivity index is 1.69. The zero-order valence-corrected chi connectivity index (χ0v) is 15.0. The van der Waals surface area contributed by atoms with Crippen LogP contribution in [-0.2, 0) is 15.7 Å². The molecule has 4 nitrogen and oxygen atoms in total. The van der Waals surface area contributed by atoms with Crippen LogP contribution in [0, 0.1) is 5.92 Å². The van der Waals surface area contributed by atoms with Gasteiger partial charge in [0.2, 0.25) is 11.0 Å². The molecule has 0 aromatic carbocycles. The molecule has 2 heterocycles. The Morgan fingerprint density at radius 2 is 1.92 bits per heavy atom. The molecule has 0 aromatic heterocycles. The fourth-order valence-electron chi connectivity index (χ4n) is 3.70. The summed E-state index contributed by atoms with van der Waals surface area (Å²) in [5.41, 5.74) is -2.96. The van der Waals surface area contributed by atoms with Gasteiger partial charge >= 0.3 is 5.51 Å². The van der Waals surface area contributed by atoms with Crippen molar-refractivity contribution in [3.8, 4) is 0 Å². The third-order valence-corrected chi connectivity index (χ3v) is 6.22. The SMILES string of the molecule is O=S(N1CC2=CCCC=C2NC(CCC2CCOCC2)C1)C(F)(F)F. The number of allylic oxidation sites excluding steroid dienone is 2. The topological polar surface area (TPSA) is 41.6 Å². The minimum Gasteiger partial charge on any atom is -0.381 e. The van der Waals surface area contributed by atoms with Crippen LogP contribution in [0.5, 0.6) is 0 Å². The number of rotatable bonds is 4. The first-order valence-corrected chi connectivity index (χ1v) is 10.0. The molecule has 2 unspecified atom stereocenters. The average molecular weight is 378 g/mol. The zero-order chi connectivity index (χ0) is 17.9. The van der Waals surface area contributed by atoms with Crippen molar-refractivity contribution in [1.82, 2.24) is 9.62 Å². The molecule has 0 radical (unpaired) electrons. The monoisotopic (exact) mass is 378 g/mol. The molecular formula is C17H25F3N2O2S. The van der Waals surface area contributed by atoms with Gasteiger partial charge in [-0.25, -0.2) is 8.51 Å². The Morgan fingerprint density at radius 1 is 1.20 bits per heavy atom. The van der Waals surface area contributed by atoms with Gasteiger partial charge in [0, 0.05) is 38.0 Å². The Kier molecular flexibility index (Phi) is 6.22. The molecule has 142 valence electrons. The number of hydrogen-bond acceptors (Lipinski definition) is 3. The zero-order valence-electron chi connectivity index (χ0n) is 14.2. The van der Waals surface area contributed by atoms with Crippen LogP contribution in [0.2, 0.25) is 0 Å². The minimum absolute atomic E-state index is 0.0821. The largest absolute Gasteiger partial charge is 0.485 e. The fourth-order valence-corrected chi connectivity index (χ4v) is 4.57. The van der Waals surface area contributed by atoms with Crippen molar-refractivity contribution in [2.45, 2.75) is 50.1 Å². The maximum Gasteiger partial charge on any atom is 0.485 e. The lowest BCUT2D eigenvalue weighted by Crippen LogP contribution is -2.42. The van der Waals surface area contributed by atoms with Crippen LogP contribution in [-0.4, -0.2) is 46.4 Å². The van der Waals surface area contributed by atoms with Crippen LogP contribution in [0.4, 0.5) is 13.2 Å². The van der Waals surface area contributed by atoms with Crippen molar-refractivity contribution in [2.24, 2.45) is 5.92 Å². The first-order chi connectivity index (χ1) is 11.9. The maximum atomic E-state index is 13.0. The van der Waals surface area contributed by atoms with Crippen molar-refractivity contribution in [3.63, 3.8) is 0 Å². The summed E-state index contributed by atoms with van der Waals surface area (Å²) in [6.45, 7) is 1.76. The minimum atomic E-state index is -4.71. The summed E-state index contributed by atoms with van der Waals surface area (Å²) >= 11 is 0. The molecular weight excluding hydrogens is 353 g/mol. The summed E-state index contributed by atoms with van der Waals surface area (Å²) in [4.78, 5) is 0. The highest BCUT2D eigenvalue weighted by Crippen LogP contribution is 2.29. The van der Waals surface area contributed by atoms with E-state index in [0.717, 1.165) is 67.3 Å². The van der Waals surface area contributed by atoms with Crippen LogP contribution in [0.15, 0.2) is 23.4 Å². The van der Waals surface area contributed by atoms with E-state index in [1.54, 1.807) is 0 Å². The molecule has 25 heavy (non-hydrogen) atoms. The number of fused-ring (bicyclic) bond motifs is 1. The predicted octanol–water partition coefficient (Wildman–Crippen LogP) is 3.25. The number of nitrogens with zero attached hydrogens (tertiary/aromatic N) is 1. The van der Waals surface area contributed by atoms with Gasteiger partial charge < -0.3 is 10.1 Å². The lowest BCUT2D eigenvalue weighted by Gasteiger charge is -2.27. The molecule has 8 heteroatoms. The van der Waals surface area contributed by atoms with Gasteiger partial charge in [0.1, 0.15) is 0 Å². The van der Waals surface area contributed by atoms with Crippen molar-refractivity contribution in [1.29, 1.82) is 0 Å². The van der Waals surface area contributed by atoms with Gasteiger partial charge in [0.15, 0.2) is 0 Å². The number of alkyl halides is 3. The molecule has 3 rings (SSSR count). The molecule has 0 spiro atoms. The molecule has 2 atom stereocenters. The number of hydrogen-bond donors (Lipinski definition) is 1. The first kappa shape index (κ1) is 18.9. The van der Waals surface area contributed by atoms with E-state index in [4.69, 9.17) is 4.74 Å². The molecule has 3 aliphatic rings. The lowest BCUT2D eigenvalue weighted by atomic mass is 9.93. The molecule has 0 amide bonds. The summed E-state index contributed by atoms with van der Waals surface area (Å²) in [6.07, 6.45) is 9.49. The van der Waals surface area contributed by atoms with Crippen molar-refractivity contribution < 1.29 is 22.1 Å². The normalized spacial score (nSPS) is 27.6. The van der Waals surface area contributed by atoms with Gasteiger partial charge in [-0.15, -0.1) is 0 Å². The van der Waals surface area contributed by atoms with E-state index in [9.17, 15) is 17.4 Å². The van der Waals surface area contributed by atoms with E-state index in [1.807, 2.05) is 6.08 Å². The second-order valence-electron chi connectivity index (χ2n) is 6.92. The molecule has 1 N–H and O–H groups in total. The molecule has 0 bridgehead atoms. The van der Waals surface area contributed by atoms with Crippen LogP contribution >= 0.6 is 0 Å². The van der Waals surface area contributed by atoms with Gasteiger partial charge in [0.25, 0.3) is 0 Å². The molecule has 2 saturated heterocycles. The number of halogens is 3. The van der Waals surface area contributed by atoms with Crippen LogP contribution in [0.25, 0.3) is 0 Å². The van der Waals surface area contributed by atoms with Gasteiger partial charge in [0.05, 0.1) is 0 Å². The van der Waals surface area contributed by atoms with E-state index in [2.05, 4.69) is 11.4 Å².